The van der Waals surface area contributed by atoms with E-state index in [9.17, 15) is 13.2 Å². The molecule has 1 aliphatic heterocycles. The third-order valence-corrected chi connectivity index (χ3v) is 8.39. The van der Waals surface area contributed by atoms with E-state index in [-0.39, 0.29) is 16.8 Å². The van der Waals surface area contributed by atoms with Crippen LogP contribution in [0.3, 0.4) is 0 Å². The van der Waals surface area contributed by atoms with Crippen LogP contribution in [0.5, 0.6) is 0 Å². The number of ketones is 1. The Kier molecular flexibility index (Phi) is 5.96. The molecular weight excluding hydrogens is 495 g/mol. The van der Waals surface area contributed by atoms with E-state index in [0.29, 0.717) is 30.0 Å². The van der Waals surface area contributed by atoms with Crippen LogP contribution in [0.25, 0.3) is 22.2 Å². The standard InChI is InChI=1S/C26H25FN6O3S/c27-24-19(4-3-5-22(24)32-37(35,36)33-8-1-2-9-33)25(34)21-15-31-26-20(21)11-17(12-30-26)18-13-28-23(29-14-18)10-16-6-7-16/h3-5,11-16,32H,1-2,6-10H2,(H,30,31). The molecule has 37 heavy (non-hydrogen) atoms. The lowest BCUT2D eigenvalue weighted by Crippen LogP contribution is -2.33. The quantitative estimate of drug-likeness (QED) is 0.338. The molecule has 6 rings (SSSR count). The number of halogens is 1. The van der Waals surface area contributed by atoms with Gasteiger partial charge in [0.15, 0.2) is 11.6 Å². The van der Waals surface area contributed by atoms with E-state index < -0.39 is 21.8 Å². The Labute approximate surface area is 213 Å². The second-order valence-electron chi connectivity index (χ2n) is 9.57. The molecule has 0 bridgehead atoms. The van der Waals surface area contributed by atoms with Gasteiger partial charge in [-0.1, -0.05) is 6.07 Å². The van der Waals surface area contributed by atoms with Gasteiger partial charge in [-0.2, -0.15) is 12.7 Å². The minimum absolute atomic E-state index is 0.231. The molecule has 11 heteroatoms. The number of hydrogen-bond acceptors (Lipinski definition) is 6. The Balaban J connectivity index is 1.29. The molecule has 0 unspecified atom stereocenters. The molecule has 1 saturated carbocycles. The summed E-state index contributed by atoms with van der Waals surface area (Å²) in [6.07, 6.45) is 11.5. The Morgan fingerprint density at radius 1 is 1.05 bits per heavy atom. The molecule has 0 radical (unpaired) electrons. The zero-order valence-electron chi connectivity index (χ0n) is 19.9. The molecule has 1 saturated heterocycles. The molecule has 0 amide bonds. The lowest BCUT2D eigenvalue weighted by atomic mass is 10.0. The minimum Gasteiger partial charge on any atom is -0.345 e. The van der Waals surface area contributed by atoms with Gasteiger partial charge in [-0.3, -0.25) is 9.52 Å². The van der Waals surface area contributed by atoms with Crippen molar-refractivity contribution >= 4 is 32.7 Å². The van der Waals surface area contributed by atoms with Crippen LogP contribution in [0.15, 0.2) is 49.1 Å². The predicted octanol–water partition coefficient (Wildman–Crippen LogP) is 4.10. The number of nitrogens with zero attached hydrogens (tertiary/aromatic N) is 4. The molecule has 0 spiro atoms. The van der Waals surface area contributed by atoms with E-state index in [1.54, 1.807) is 24.7 Å². The van der Waals surface area contributed by atoms with Gasteiger partial charge >= 0.3 is 10.2 Å². The van der Waals surface area contributed by atoms with Crippen molar-refractivity contribution in [1.82, 2.24) is 24.2 Å². The van der Waals surface area contributed by atoms with Gasteiger partial charge in [0.2, 0.25) is 0 Å². The van der Waals surface area contributed by atoms with Crippen molar-refractivity contribution in [3.05, 3.63) is 71.8 Å². The zero-order valence-corrected chi connectivity index (χ0v) is 20.8. The fourth-order valence-electron chi connectivity index (χ4n) is 4.60. The first-order chi connectivity index (χ1) is 17.9. The number of rotatable bonds is 8. The molecular formula is C26H25FN6O3S. The molecule has 2 fully saturated rings. The van der Waals surface area contributed by atoms with Crippen molar-refractivity contribution in [2.24, 2.45) is 5.92 Å². The fraction of sp³-hybridized carbons (Fsp3) is 0.308. The first kappa shape index (κ1) is 23.7. The van der Waals surface area contributed by atoms with Gasteiger partial charge in [0.25, 0.3) is 0 Å². The number of nitrogens with one attached hydrogen (secondary N) is 2. The summed E-state index contributed by atoms with van der Waals surface area (Å²) in [5.41, 5.74) is 1.70. The maximum atomic E-state index is 15.4. The Hall–Kier alpha value is -3.70. The summed E-state index contributed by atoms with van der Waals surface area (Å²) in [6.45, 7) is 0.767. The average Bonchev–Trinajstić information content (AvgIpc) is 3.36. The van der Waals surface area contributed by atoms with E-state index >= 15 is 4.39 Å². The molecule has 190 valence electrons. The highest BCUT2D eigenvalue weighted by molar-refractivity contribution is 7.90. The number of aromatic amines is 1. The van der Waals surface area contributed by atoms with Crippen molar-refractivity contribution in [1.29, 1.82) is 0 Å². The number of benzene rings is 1. The summed E-state index contributed by atoms with van der Waals surface area (Å²) in [5, 5.41) is 0.520. The number of hydrogen-bond donors (Lipinski definition) is 2. The molecule has 1 aliphatic carbocycles. The first-order valence-corrected chi connectivity index (χ1v) is 13.7. The lowest BCUT2D eigenvalue weighted by molar-refractivity contribution is 0.103. The topological polar surface area (TPSA) is 121 Å². The van der Waals surface area contributed by atoms with Crippen LogP contribution < -0.4 is 4.72 Å². The van der Waals surface area contributed by atoms with Gasteiger partial charge in [-0.25, -0.2) is 19.3 Å². The van der Waals surface area contributed by atoms with Crippen LogP contribution in [0.2, 0.25) is 0 Å². The predicted molar refractivity (Wildman–Crippen MR) is 137 cm³/mol. The van der Waals surface area contributed by atoms with E-state index in [1.165, 1.54) is 41.5 Å². The van der Waals surface area contributed by atoms with Crippen molar-refractivity contribution in [3.63, 3.8) is 0 Å². The van der Waals surface area contributed by atoms with Crippen molar-refractivity contribution in [3.8, 4) is 11.1 Å². The zero-order chi connectivity index (χ0) is 25.6. The lowest BCUT2D eigenvalue weighted by Gasteiger charge is -2.17. The number of H-pyrrole nitrogens is 1. The van der Waals surface area contributed by atoms with Crippen LogP contribution in [-0.4, -0.2) is 51.5 Å². The van der Waals surface area contributed by atoms with Crippen molar-refractivity contribution < 1.29 is 17.6 Å². The highest BCUT2D eigenvalue weighted by Gasteiger charge is 2.28. The smallest absolute Gasteiger partial charge is 0.301 e. The van der Waals surface area contributed by atoms with Gasteiger partial charge in [0, 0.05) is 66.4 Å². The first-order valence-electron chi connectivity index (χ1n) is 12.3. The van der Waals surface area contributed by atoms with Gasteiger partial charge in [0.05, 0.1) is 11.3 Å². The largest absolute Gasteiger partial charge is 0.345 e. The Morgan fingerprint density at radius 2 is 1.78 bits per heavy atom. The summed E-state index contributed by atoms with van der Waals surface area (Å²) in [7, 11) is -3.91. The van der Waals surface area contributed by atoms with Gasteiger partial charge in [0.1, 0.15) is 11.5 Å². The minimum atomic E-state index is -3.91. The number of fused-ring (bicyclic) bond motifs is 1. The molecule has 2 aliphatic rings. The van der Waals surface area contributed by atoms with Crippen LogP contribution in [-0.2, 0) is 16.6 Å². The van der Waals surface area contributed by atoms with E-state index in [1.807, 2.05) is 0 Å². The van der Waals surface area contributed by atoms with Crippen LogP contribution >= 0.6 is 0 Å². The number of aromatic nitrogens is 4. The number of carbonyl (C=O) groups excluding carboxylic acids is 1. The molecule has 9 nitrogen and oxygen atoms in total. The molecule has 2 N–H and O–H groups in total. The second-order valence-corrected chi connectivity index (χ2v) is 11.2. The normalized spacial score (nSPS) is 16.4. The van der Waals surface area contributed by atoms with Gasteiger partial charge in [-0.15, -0.1) is 0 Å². The van der Waals surface area contributed by atoms with Crippen molar-refractivity contribution in [2.75, 3.05) is 17.8 Å². The third kappa shape index (κ3) is 4.72. The SMILES string of the molecule is O=C(c1cccc(NS(=O)(=O)N2CCCC2)c1F)c1c[nH]c2ncc(-c3cnc(CC4CC4)nc3)cc12. The van der Waals surface area contributed by atoms with E-state index in [4.69, 9.17) is 0 Å². The van der Waals surface area contributed by atoms with Crippen LogP contribution in [0.4, 0.5) is 10.1 Å². The molecule has 0 atom stereocenters. The van der Waals surface area contributed by atoms with Crippen LogP contribution in [0.1, 0.15) is 47.4 Å². The second kappa shape index (κ2) is 9.31. The highest BCUT2D eigenvalue weighted by atomic mass is 32.2. The number of carbonyl (C=O) groups is 1. The molecule has 4 aromatic rings. The van der Waals surface area contributed by atoms with Gasteiger partial charge < -0.3 is 4.98 Å². The molecule has 4 heterocycles. The summed E-state index contributed by atoms with van der Waals surface area (Å²) in [6, 6.07) is 5.90. The van der Waals surface area contributed by atoms with E-state index in [2.05, 4.69) is 24.7 Å². The average molecular weight is 521 g/mol. The summed E-state index contributed by atoms with van der Waals surface area (Å²) < 4.78 is 44.2. The maximum absolute atomic E-state index is 15.4. The molecule has 3 aromatic heterocycles. The maximum Gasteiger partial charge on any atom is 0.301 e. The number of anilines is 1. The molecule has 1 aromatic carbocycles. The summed E-state index contributed by atoms with van der Waals surface area (Å²) in [5.74, 6) is -0.00503. The Morgan fingerprint density at radius 3 is 2.51 bits per heavy atom. The third-order valence-electron chi connectivity index (χ3n) is 6.87. The monoisotopic (exact) mass is 520 g/mol. The highest BCUT2D eigenvalue weighted by Crippen LogP contribution is 2.32. The fourth-order valence-corrected chi connectivity index (χ4v) is 5.91. The summed E-state index contributed by atoms with van der Waals surface area (Å²) >= 11 is 0. The Bertz CT molecular complexity index is 1590. The summed E-state index contributed by atoms with van der Waals surface area (Å²) in [4.78, 5) is 29.7. The van der Waals surface area contributed by atoms with Crippen molar-refractivity contribution in [2.45, 2.75) is 32.1 Å². The number of pyridine rings is 1. The van der Waals surface area contributed by atoms with Crippen LogP contribution in [0, 0.1) is 11.7 Å². The van der Waals surface area contributed by atoms with E-state index in [0.717, 1.165) is 36.2 Å². The van der Waals surface area contributed by atoms with Gasteiger partial charge in [-0.05, 0) is 49.8 Å².